The van der Waals surface area contributed by atoms with Crippen molar-refractivity contribution < 1.29 is 71.0 Å². The first-order valence-corrected chi connectivity index (χ1v) is 28.8. The summed E-state index contributed by atoms with van der Waals surface area (Å²) in [6.07, 6.45) is 1.87. The normalized spacial score (nSPS) is 10.8. The van der Waals surface area contributed by atoms with Crippen molar-refractivity contribution in [1.29, 1.82) is 0 Å². The molecule has 10 aromatic rings. The highest BCUT2D eigenvalue weighted by molar-refractivity contribution is 5.86. The smallest absolute Gasteiger partial charge is 0.311 e. The minimum absolute atomic E-state index is 0.000285. The van der Waals surface area contributed by atoms with Crippen LogP contribution in [0, 0.1) is 0 Å². The standard InChI is InChI=1S/C37H34O9.C35H30O8/c1-41-25-44-31-21-20-28(22-32(31)42-23-26-12-4-2-5-13-26)36-37(35(40)29-16-8-9-17-30(29)45-36)46-34(39)19-11-10-18-33(38)43-24-27-14-6-3-7-15-27;36-28-20-19-26(21-30(28)40-22-24-11-3-1-4-12-24)34-35(33(39)27-15-7-8-16-29(27)42-34)43-32(38)18-10-9-17-31(37)41-23-25-13-5-2-6-14-25/h2-9,12-17,20-22H,10-11,18-19,23-25H2,1H3;1-8,11-16,19-21,36H,9-10,17-18,22-23H2. The van der Waals surface area contributed by atoms with E-state index in [1.807, 2.05) is 121 Å². The number of fused-ring (bicyclic) bond motifs is 2. The molecule has 0 aliphatic carbocycles. The lowest BCUT2D eigenvalue weighted by Gasteiger charge is -2.15. The predicted octanol–water partition coefficient (Wildman–Crippen LogP) is 14.2. The number of phenols is 1. The topological polar surface area (TPSA) is 223 Å². The maximum Gasteiger partial charge on any atom is 0.311 e. The van der Waals surface area contributed by atoms with E-state index in [1.54, 1.807) is 72.8 Å². The largest absolute Gasteiger partial charge is 0.504 e. The molecule has 0 saturated heterocycles. The van der Waals surface area contributed by atoms with Crippen molar-refractivity contribution in [1.82, 2.24) is 0 Å². The second kappa shape index (κ2) is 32.1. The third-order valence-corrected chi connectivity index (χ3v) is 13.7. The van der Waals surface area contributed by atoms with E-state index in [0.29, 0.717) is 59.5 Å². The number of hydrogen-bond donors (Lipinski definition) is 1. The van der Waals surface area contributed by atoms with E-state index in [2.05, 4.69) is 0 Å². The number of hydrogen-bond acceptors (Lipinski definition) is 17. The molecule has 0 aliphatic heterocycles. The van der Waals surface area contributed by atoms with Gasteiger partial charge in [0.25, 0.3) is 0 Å². The number of ether oxygens (including phenoxy) is 8. The van der Waals surface area contributed by atoms with Gasteiger partial charge in [-0.1, -0.05) is 146 Å². The van der Waals surface area contributed by atoms with Gasteiger partial charge in [0.2, 0.25) is 22.4 Å². The van der Waals surface area contributed by atoms with Crippen LogP contribution in [0.3, 0.4) is 0 Å². The molecule has 0 radical (unpaired) electrons. The zero-order valence-corrected chi connectivity index (χ0v) is 48.8. The van der Waals surface area contributed by atoms with E-state index in [9.17, 15) is 33.9 Å². The SMILES string of the molecule is COCOc1ccc(-c2oc3ccccc3c(=O)c2OC(=O)CCCCC(=O)OCc2ccccc2)cc1OCc1ccccc1.O=C(CCCCC(=O)Oc1c(-c2ccc(O)c(OCc3ccccc3)c2)oc2ccccc2c1=O)OCc1ccccc1. The molecule has 0 fully saturated rings. The van der Waals surface area contributed by atoms with Gasteiger partial charge in [0.15, 0.2) is 41.3 Å². The summed E-state index contributed by atoms with van der Waals surface area (Å²) in [4.78, 5) is 77.1. The number of carbonyl (C=O) groups is 4. The van der Waals surface area contributed by atoms with E-state index in [0.717, 1.165) is 22.3 Å². The zero-order valence-electron chi connectivity index (χ0n) is 48.8. The van der Waals surface area contributed by atoms with E-state index < -0.39 is 22.8 Å². The molecular weight excluding hydrogens is 1140 g/mol. The lowest BCUT2D eigenvalue weighted by atomic mass is 10.1. The van der Waals surface area contributed by atoms with Crippen LogP contribution < -0.4 is 34.5 Å². The third kappa shape index (κ3) is 18.1. The minimum atomic E-state index is -0.638. The molecule has 454 valence electrons. The van der Waals surface area contributed by atoms with Crippen LogP contribution in [0.5, 0.6) is 34.5 Å². The molecule has 0 saturated carbocycles. The van der Waals surface area contributed by atoms with Gasteiger partial charge in [-0.15, -0.1) is 0 Å². The molecule has 2 heterocycles. The molecular formula is C72H64O17. The van der Waals surface area contributed by atoms with Crippen molar-refractivity contribution in [2.75, 3.05) is 13.9 Å². The Morgan fingerprint density at radius 1 is 0.393 bits per heavy atom. The lowest BCUT2D eigenvalue weighted by Crippen LogP contribution is -2.16. The first kappa shape index (κ1) is 62.7. The van der Waals surface area contributed by atoms with Crippen LogP contribution in [0.15, 0.2) is 225 Å². The molecule has 1 N–H and O–H groups in total. The molecule has 0 amide bonds. The number of benzene rings is 8. The Kier molecular flexibility index (Phi) is 22.6. The highest BCUT2D eigenvalue weighted by Gasteiger charge is 2.24. The highest BCUT2D eigenvalue weighted by atomic mass is 16.7. The van der Waals surface area contributed by atoms with Gasteiger partial charge in [-0.3, -0.25) is 28.8 Å². The Bertz CT molecular complexity index is 4110. The van der Waals surface area contributed by atoms with Gasteiger partial charge < -0.3 is 51.8 Å². The van der Waals surface area contributed by atoms with E-state index >= 15 is 0 Å². The van der Waals surface area contributed by atoms with Gasteiger partial charge in [-0.05, 0) is 109 Å². The van der Waals surface area contributed by atoms with Crippen molar-refractivity contribution in [2.45, 2.75) is 77.8 Å². The molecule has 0 aliphatic rings. The lowest BCUT2D eigenvalue weighted by molar-refractivity contribution is -0.146. The van der Waals surface area contributed by atoms with Gasteiger partial charge in [0.1, 0.15) is 37.6 Å². The summed E-state index contributed by atoms with van der Waals surface area (Å²) < 4.78 is 56.8. The summed E-state index contributed by atoms with van der Waals surface area (Å²) in [6.45, 7) is 0.858. The summed E-state index contributed by atoms with van der Waals surface area (Å²) in [7, 11) is 1.51. The molecule has 10 rings (SSSR count). The predicted molar refractivity (Wildman–Crippen MR) is 332 cm³/mol. The second-order valence-corrected chi connectivity index (χ2v) is 20.3. The Hall–Kier alpha value is -10.8. The number of rotatable bonds is 27. The van der Waals surface area contributed by atoms with Crippen molar-refractivity contribution in [3.63, 3.8) is 0 Å². The average Bonchev–Trinajstić information content (AvgIpc) is 1.26. The van der Waals surface area contributed by atoms with Crippen molar-refractivity contribution >= 4 is 45.8 Å². The Morgan fingerprint density at radius 3 is 1.20 bits per heavy atom. The summed E-state index contributed by atoms with van der Waals surface area (Å²) >= 11 is 0. The van der Waals surface area contributed by atoms with Crippen LogP contribution in [0.25, 0.3) is 44.6 Å². The van der Waals surface area contributed by atoms with Crippen LogP contribution in [-0.4, -0.2) is 42.9 Å². The Labute approximate surface area is 512 Å². The quantitative estimate of drug-likeness (QED) is 0.0287. The van der Waals surface area contributed by atoms with E-state index in [-0.39, 0.29) is 116 Å². The molecule has 89 heavy (non-hydrogen) atoms. The number of methoxy groups -OCH3 is 1. The molecule has 17 nitrogen and oxygen atoms in total. The molecule has 0 spiro atoms. The fourth-order valence-electron chi connectivity index (χ4n) is 9.09. The summed E-state index contributed by atoms with van der Waals surface area (Å²) in [5.74, 6) is -1.46. The summed E-state index contributed by atoms with van der Waals surface area (Å²) in [5, 5.41) is 10.9. The van der Waals surface area contributed by atoms with Gasteiger partial charge in [0, 0.05) is 43.9 Å². The molecule has 17 heteroatoms. The monoisotopic (exact) mass is 1200 g/mol. The Morgan fingerprint density at radius 2 is 0.764 bits per heavy atom. The van der Waals surface area contributed by atoms with Crippen molar-refractivity contribution in [3.8, 4) is 57.1 Å². The van der Waals surface area contributed by atoms with Crippen LogP contribution >= 0.6 is 0 Å². The number of aromatic hydroxyl groups is 1. The molecule has 0 unspecified atom stereocenters. The fraction of sp³-hybridized carbons (Fsp3) is 0.194. The van der Waals surface area contributed by atoms with Crippen LogP contribution in [0.4, 0.5) is 0 Å². The first-order chi connectivity index (χ1) is 43.5. The number of unbranched alkanes of at least 4 members (excludes halogenated alkanes) is 2. The maximum absolute atomic E-state index is 13.6. The molecule has 2 aromatic heterocycles. The van der Waals surface area contributed by atoms with Crippen molar-refractivity contribution in [3.05, 3.63) is 249 Å². The fourth-order valence-corrected chi connectivity index (χ4v) is 9.09. The molecule has 8 aromatic carbocycles. The van der Waals surface area contributed by atoms with E-state index in [1.165, 1.54) is 19.2 Å². The third-order valence-electron chi connectivity index (χ3n) is 13.7. The number of carbonyl (C=O) groups excluding carboxylic acids is 4. The van der Waals surface area contributed by atoms with Crippen molar-refractivity contribution in [2.24, 2.45) is 0 Å². The van der Waals surface area contributed by atoms with Gasteiger partial charge in [-0.25, -0.2) is 0 Å². The first-order valence-electron chi connectivity index (χ1n) is 28.8. The summed E-state index contributed by atoms with van der Waals surface area (Å²) in [5.41, 5.74) is 4.14. The summed E-state index contributed by atoms with van der Waals surface area (Å²) in [6, 6.07) is 60.8. The van der Waals surface area contributed by atoms with E-state index in [4.69, 9.17) is 46.7 Å². The van der Waals surface area contributed by atoms with Crippen LogP contribution in [0.2, 0.25) is 0 Å². The van der Waals surface area contributed by atoms with Gasteiger partial charge in [0.05, 0.1) is 10.8 Å². The van der Waals surface area contributed by atoms with Crippen LogP contribution in [-0.2, 0) is 59.8 Å². The highest BCUT2D eigenvalue weighted by Crippen LogP contribution is 2.39. The van der Waals surface area contributed by atoms with Gasteiger partial charge in [-0.2, -0.15) is 0 Å². The number of para-hydroxylation sites is 2. The number of esters is 4. The zero-order chi connectivity index (χ0) is 62.2. The second-order valence-electron chi connectivity index (χ2n) is 20.3. The maximum atomic E-state index is 13.6. The Balaban J connectivity index is 0.000000212. The molecule has 0 bridgehead atoms. The number of phenolic OH excluding ortho intramolecular Hbond substituents is 1. The van der Waals surface area contributed by atoms with Crippen LogP contribution in [0.1, 0.15) is 73.6 Å². The average molecular weight is 1200 g/mol. The minimum Gasteiger partial charge on any atom is -0.504 e. The van der Waals surface area contributed by atoms with Gasteiger partial charge >= 0.3 is 23.9 Å². The molecule has 0 atom stereocenters.